The largest absolute Gasteiger partial charge is 0.461 e. The lowest BCUT2D eigenvalue weighted by molar-refractivity contribution is -0.163. The predicted octanol–water partition coefficient (Wildman–Crippen LogP) is 3.68. The first-order chi connectivity index (χ1) is 14.8. The number of hydrogen-bond donors (Lipinski definition) is 2. The Bertz CT molecular complexity index is 943. The first-order valence-corrected chi connectivity index (χ1v) is 11.0. The number of nitrogens with two attached hydrogens (primary N) is 2. The second-order valence-corrected chi connectivity index (χ2v) is 9.27. The lowest BCUT2D eigenvalue weighted by atomic mass is 9.76. The van der Waals surface area contributed by atoms with E-state index in [1.807, 2.05) is 25.1 Å². The van der Waals surface area contributed by atoms with Crippen molar-refractivity contribution >= 4 is 17.9 Å². The first kappa shape index (κ1) is 21.3. The van der Waals surface area contributed by atoms with Gasteiger partial charge in [-0.3, -0.25) is 4.79 Å². The molecule has 0 spiro atoms. The zero-order valence-corrected chi connectivity index (χ0v) is 18.2. The molecule has 4 rings (SSSR count). The number of hydrogen-bond acceptors (Lipinski definition) is 7. The molecule has 2 aromatic rings. The number of rotatable bonds is 8. The van der Waals surface area contributed by atoms with Crippen molar-refractivity contribution in [3.8, 4) is 0 Å². The van der Waals surface area contributed by atoms with Crippen LogP contribution in [0.15, 0.2) is 42.5 Å². The van der Waals surface area contributed by atoms with Crippen molar-refractivity contribution in [3.05, 3.63) is 53.9 Å². The summed E-state index contributed by atoms with van der Waals surface area (Å²) in [6, 6.07) is 10.3. The van der Waals surface area contributed by atoms with Crippen LogP contribution in [0.1, 0.15) is 56.8 Å². The van der Waals surface area contributed by atoms with Crippen molar-refractivity contribution in [2.75, 3.05) is 11.5 Å². The molecule has 1 heterocycles. The number of nitrogens with zero attached hydrogens (tertiary/aromatic N) is 3. The number of fused-ring (bicyclic) bond motifs is 2. The number of carbonyl (C=O) groups excluding carboxylic acids is 1. The van der Waals surface area contributed by atoms with Gasteiger partial charge in [-0.1, -0.05) is 49.4 Å². The minimum absolute atomic E-state index is 0.0164. The van der Waals surface area contributed by atoms with Gasteiger partial charge in [-0.15, -0.1) is 0 Å². The van der Waals surface area contributed by atoms with Crippen LogP contribution in [-0.4, -0.2) is 27.0 Å². The number of aromatic nitrogens is 3. The zero-order valence-electron chi connectivity index (χ0n) is 18.2. The molecule has 31 heavy (non-hydrogen) atoms. The lowest BCUT2D eigenvalue weighted by Gasteiger charge is -2.32. The molecule has 7 nitrogen and oxygen atoms in total. The number of allylic oxidation sites excluding steroid dienone is 1. The first-order valence-electron chi connectivity index (χ1n) is 11.0. The molecule has 1 aromatic carbocycles. The Labute approximate surface area is 183 Å². The number of anilines is 2. The van der Waals surface area contributed by atoms with Crippen LogP contribution in [0.25, 0.3) is 0 Å². The molecule has 2 aliphatic rings. The van der Waals surface area contributed by atoms with Crippen molar-refractivity contribution in [2.24, 2.45) is 17.3 Å². The fraction of sp³-hybridized carbons (Fsp3) is 0.500. The SMILES string of the molecule is CC(CC(C)(CCc1nc(N)nc(N)n1)C(=O)OC1CC2C=CC1C2)c1ccccc1. The Hall–Kier alpha value is -2.96. The van der Waals surface area contributed by atoms with Crippen molar-refractivity contribution in [3.63, 3.8) is 0 Å². The van der Waals surface area contributed by atoms with Gasteiger partial charge in [0.1, 0.15) is 11.9 Å². The maximum Gasteiger partial charge on any atom is 0.312 e. The molecule has 7 heteroatoms. The van der Waals surface area contributed by atoms with E-state index in [-0.39, 0.29) is 29.9 Å². The van der Waals surface area contributed by atoms with E-state index in [4.69, 9.17) is 16.2 Å². The van der Waals surface area contributed by atoms with E-state index in [1.165, 1.54) is 5.56 Å². The summed E-state index contributed by atoms with van der Waals surface area (Å²) in [5.41, 5.74) is 12.0. The number of nitrogen functional groups attached to an aromatic ring is 2. The van der Waals surface area contributed by atoms with Gasteiger partial charge in [0.05, 0.1) is 5.41 Å². The van der Waals surface area contributed by atoms with Gasteiger partial charge in [0.25, 0.3) is 0 Å². The van der Waals surface area contributed by atoms with Crippen LogP contribution in [0, 0.1) is 17.3 Å². The van der Waals surface area contributed by atoms with Crippen LogP contribution in [0.5, 0.6) is 0 Å². The number of aryl methyl sites for hydroxylation is 1. The van der Waals surface area contributed by atoms with Crippen LogP contribution in [0.4, 0.5) is 11.9 Å². The molecule has 2 aliphatic carbocycles. The Morgan fingerprint density at radius 3 is 2.45 bits per heavy atom. The van der Waals surface area contributed by atoms with E-state index in [0.29, 0.717) is 36.9 Å². The molecule has 164 valence electrons. The number of benzene rings is 1. The molecule has 0 amide bonds. The molecule has 5 atom stereocenters. The van der Waals surface area contributed by atoms with Crippen molar-refractivity contribution in [1.82, 2.24) is 15.0 Å². The summed E-state index contributed by atoms with van der Waals surface area (Å²) in [5.74, 6) is 1.65. The molecule has 4 N–H and O–H groups in total. The van der Waals surface area contributed by atoms with Crippen LogP contribution >= 0.6 is 0 Å². The molecule has 1 fully saturated rings. The number of ether oxygens (including phenoxy) is 1. The molecule has 0 aliphatic heterocycles. The average molecular weight is 422 g/mol. The van der Waals surface area contributed by atoms with Crippen LogP contribution in [-0.2, 0) is 16.0 Å². The van der Waals surface area contributed by atoms with Gasteiger partial charge in [0.2, 0.25) is 11.9 Å². The Balaban J connectivity index is 1.51. The average Bonchev–Trinajstić information content (AvgIpc) is 3.35. The van der Waals surface area contributed by atoms with Crippen molar-refractivity contribution in [1.29, 1.82) is 0 Å². The maximum absolute atomic E-state index is 13.5. The summed E-state index contributed by atoms with van der Waals surface area (Å²) in [6.45, 7) is 4.14. The third kappa shape index (κ3) is 4.86. The molecule has 0 radical (unpaired) electrons. The Kier molecular flexibility index (Phi) is 5.94. The zero-order chi connectivity index (χ0) is 22.0. The number of esters is 1. The summed E-state index contributed by atoms with van der Waals surface area (Å²) in [4.78, 5) is 25.7. The Morgan fingerprint density at radius 1 is 1.13 bits per heavy atom. The number of carbonyl (C=O) groups is 1. The highest BCUT2D eigenvalue weighted by Crippen LogP contribution is 2.43. The normalized spacial score (nSPS) is 24.6. The quantitative estimate of drug-likeness (QED) is 0.493. The molecular formula is C24H31N5O2. The van der Waals surface area contributed by atoms with Gasteiger partial charge in [-0.05, 0) is 50.0 Å². The third-order valence-electron chi connectivity index (χ3n) is 6.71. The van der Waals surface area contributed by atoms with Gasteiger partial charge in [-0.2, -0.15) is 15.0 Å². The second-order valence-electron chi connectivity index (χ2n) is 9.27. The van der Waals surface area contributed by atoms with Gasteiger partial charge in [-0.25, -0.2) is 0 Å². The molecule has 1 aromatic heterocycles. The standard InChI is InChI=1S/C24H31N5O2/c1-15(17-6-4-3-5-7-17)14-24(2,11-10-20-27-22(25)29-23(26)28-20)21(30)31-19-13-16-8-9-18(19)12-16/h3-9,15-16,18-19H,10-14H2,1-2H3,(H4,25,26,27,28,29). The summed E-state index contributed by atoms with van der Waals surface area (Å²) in [5, 5.41) is 0. The highest BCUT2D eigenvalue weighted by molar-refractivity contribution is 5.77. The highest BCUT2D eigenvalue weighted by atomic mass is 16.5. The highest BCUT2D eigenvalue weighted by Gasteiger charge is 2.43. The van der Waals surface area contributed by atoms with Crippen LogP contribution < -0.4 is 11.5 Å². The van der Waals surface area contributed by atoms with E-state index in [1.54, 1.807) is 0 Å². The summed E-state index contributed by atoms with van der Waals surface area (Å²) < 4.78 is 6.09. The maximum atomic E-state index is 13.5. The fourth-order valence-electron chi connectivity index (χ4n) is 4.96. The minimum Gasteiger partial charge on any atom is -0.461 e. The summed E-state index contributed by atoms with van der Waals surface area (Å²) in [7, 11) is 0. The van der Waals surface area contributed by atoms with Crippen molar-refractivity contribution < 1.29 is 9.53 Å². The third-order valence-corrected chi connectivity index (χ3v) is 6.71. The molecule has 1 saturated carbocycles. The summed E-state index contributed by atoms with van der Waals surface area (Å²) in [6.07, 6.45) is 8.15. The summed E-state index contributed by atoms with van der Waals surface area (Å²) >= 11 is 0. The smallest absolute Gasteiger partial charge is 0.312 e. The van der Waals surface area contributed by atoms with Crippen LogP contribution in [0.2, 0.25) is 0 Å². The molecule has 5 unspecified atom stereocenters. The van der Waals surface area contributed by atoms with E-state index in [2.05, 4.69) is 46.2 Å². The van der Waals surface area contributed by atoms with Gasteiger partial charge >= 0.3 is 5.97 Å². The van der Waals surface area contributed by atoms with Gasteiger partial charge < -0.3 is 16.2 Å². The topological polar surface area (TPSA) is 117 Å². The van der Waals surface area contributed by atoms with Crippen LogP contribution in [0.3, 0.4) is 0 Å². The van der Waals surface area contributed by atoms with E-state index >= 15 is 0 Å². The van der Waals surface area contributed by atoms with E-state index < -0.39 is 5.41 Å². The van der Waals surface area contributed by atoms with E-state index in [9.17, 15) is 4.79 Å². The Morgan fingerprint density at radius 2 is 1.84 bits per heavy atom. The van der Waals surface area contributed by atoms with E-state index in [0.717, 1.165) is 12.8 Å². The predicted molar refractivity (Wildman–Crippen MR) is 120 cm³/mol. The van der Waals surface area contributed by atoms with Gasteiger partial charge in [0.15, 0.2) is 0 Å². The monoisotopic (exact) mass is 421 g/mol. The minimum atomic E-state index is -0.684. The fourth-order valence-corrected chi connectivity index (χ4v) is 4.96. The molecular weight excluding hydrogens is 390 g/mol. The molecule has 2 bridgehead atoms. The van der Waals surface area contributed by atoms with Crippen molar-refractivity contribution in [2.45, 2.75) is 58.0 Å². The second kappa shape index (κ2) is 8.65. The molecule has 0 saturated heterocycles. The lowest BCUT2D eigenvalue weighted by Crippen LogP contribution is -2.36. The van der Waals surface area contributed by atoms with Gasteiger partial charge in [0, 0.05) is 12.3 Å².